The first-order chi connectivity index (χ1) is 8.99. The predicted octanol–water partition coefficient (Wildman–Crippen LogP) is 2.84. The van der Waals surface area contributed by atoms with Gasteiger partial charge in [0.05, 0.1) is 0 Å². The van der Waals surface area contributed by atoms with Crippen LogP contribution in [0, 0.1) is 6.92 Å². The van der Waals surface area contributed by atoms with Crippen molar-refractivity contribution in [3.8, 4) is 0 Å². The summed E-state index contributed by atoms with van der Waals surface area (Å²) in [5.74, 6) is -0.944. The maximum atomic E-state index is 12.1. The van der Waals surface area contributed by atoms with Crippen LogP contribution in [0.3, 0.4) is 0 Å². The normalized spacial score (nSPS) is 18.4. The van der Waals surface area contributed by atoms with E-state index in [1.807, 2.05) is 19.1 Å². The smallest absolute Gasteiger partial charge is 0.326 e. The van der Waals surface area contributed by atoms with Gasteiger partial charge in [0.1, 0.15) is 6.04 Å². The van der Waals surface area contributed by atoms with E-state index >= 15 is 0 Å². The molecule has 0 radical (unpaired) electrons. The van der Waals surface area contributed by atoms with Crippen molar-refractivity contribution in [2.45, 2.75) is 25.8 Å². The van der Waals surface area contributed by atoms with Crippen LogP contribution in [0.1, 0.15) is 18.4 Å². The predicted molar refractivity (Wildman–Crippen MR) is 75.3 cm³/mol. The van der Waals surface area contributed by atoms with E-state index in [1.165, 1.54) is 4.90 Å². The van der Waals surface area contributed by atoms with Gasteiger partial charge in [-0.2, -0.15) is 0 Å². The molecule has 1 heterocycles. The maximum Gasteiger partial charge on any atom is 0.326 e. The highest BCUT2D eigenvalue weighted by Crippen LogP contribution is 2.23. The second-order valence-corrected chi connectivity index (χ2v) is 5.49. The number of rotatable bonds is 2. The molecule has 1 atom stereocenters. The van der Waals surface area contributed by atoms with Crippen molar-refractivity contribution in [2.75, 3.05) is 11.9 Å². The molecule has 19 heavy (non-hydrogen) atoms. The first-order valence-corrected chi connectivity index (χ1v) is 6.85. The highest BCUT2D eigenvalue weighted by atomic mass is 79.9. The first kappa shape index (κ1) is 13.9. The molecule has 1 aromatic rings. The summed E-state index contributed by atoms with van der Waals surface area (Å²) < 4.78 is 0.938. The third-order valence-electron chi connectivity index (χ3n) is 3.23. The van der Waals surface area contributed by atoms with E-state index in [-0.39, 0.29) is 6.03 Å². The number of anilines is 1. The fraction of sp³-hybridized carbons (Fsp3) is 0.385. The number of halogens is 1. The van der Waals surface area contributed by atoms with Crippen molar-refractivity contribution in [3.63, 3.8) is 0 Å². The van der Waals surface area contributed by atoms with E-state index in [4.69, 9.17) is 5.11 Å². The first-order valence-electron chi connectivity index (χ1n) is 6.05. The molecular formula is C13H15BrN2O3. The lowest BCUT2D eigenvalue weighted by molar-refractivity contribution is -0.141. The number of amides is 2. The zero-order valence-corrected chi connectivity index (χ0v) is 12.1. The Morgan fingerprint density at radius 3 is 2.84 bits per heavy atom. The van der Waals surface area contributed by atoms with Crippen LogP contribution in [0.5, 0.6) is 0 Å². The topological polar surface area (TPSA) is 69.6 Å². The molecule has 0 aromatic heterocycles. The average molecular weight is 327 g/mol. The summed E-state index contributed by atoms with van der Waals surface area (Å²) >= 11 is 3.36. The van der Waals surface area contributed by atoms with Crippen LogP contribution in [-0.4, -0.2) is 34.6 Å². The molecule has 102 valence electrons. The Morgan fingerprint density at radius 1 is 1.47 bits per heavy atom. The number of hydrogen-bond donors (Lipinski definition) is 2. The Morgan fingerprint density at radius 2 is 2.21 bits per heavy atom. The molecule has 0 saturated carbocycles. The van der Waals surface area contributed by atoms with Crippen molar-refractivity contribution in [3.05, 3.63) is 28.2 Å². The van der Waals surface area contributed by atoms with Gasteiger partial charge in [-0.15, -0.1) is 0 Å². The second-order valence-electron chi connectivity index (χ2n) is 4.58. The number of aryl methyl sites for hydroxylation is 1. The summed E-state index contributed by atoms with van der Waals surface area (Å²) in [6, 6.07) is 4.46. The summed E-state index contributed by atoms with van der Waals surface area (Å²) in [5, 5.41) is 11.8. The molecule has 2 N–H and O–H groups in total. The molecule has 6 heteroatoms. The van der Waals surface area contributed by atoms with Gasteiger partial charge in [0.2, 0.25) is 0 Å². The monoisotopic (exact) mass is 326 g/mol. The lowest BCUT2D eigenvalue weighted by Crippen LogP contribution is -2.42. The number of aliphatic carboxylic acids is 1. The summed E-state index contributed by atoms with van der Waals surface area (Å²) in [6.45, 7) is 2.37. The van der Waals surface area contributed by atoms with Crippen molar-refractivity contribution in [2.24, 2.45) is 0 Å². The zero-order valence-electron chi connectivity index (χ0n) is 10.5. The minimum absolute atomic E-state index is 0.352. The summed E-state index contributed by atoms with van der Waals surface area (Å²) in [6.07, 6.45) is 1.24. The quantitative estimate of drug-likeness (QED) is 0.877. The van der Waals surface area contributed by atoms with Gasteiger partial charge >= 0.3 is 12.0 Å². The number of nitrogens with zero attached hydrogens (tertiary/aromatic N) is 1. The van der Waals surface area contributed by atoms with Gasteiger partial charge < -0.3 is 15.3 Å². The van der Waals surface area contributed by atoms with E-state index < -0.39 is 12.0 Å². The summed E-state index contributed by atoms with van der Waals surface area (Å²) in [5.41, 5.74) is 1.62. The number of hydrogen-bond acceptors (Lipinski definition) is 2. The number of carboxylic acids is 1. The number of carboxylic acid groups (broad SMARTS) is 1. The van der Waals surface area contributed by atoms with Crippen LogP contribution in [0.2, 0.25) is 0 Å². The number of benzene rings is 1. The molecule has 1 aromatic carbocycles. The Labute approximate surface area is 119 Å². The highest BCUT2D eigenvalue weighted by Gasteiger charge is 2.34. The maximum absolute atomic E-state index is 12.1. The van der Waals surface area contributed by atoms with E-state index in [2.05, 4.69) is 21.2 Å². The molecule has 0 bridgehead atoms. The lowest BCUT2D eigenvalue weighted by atomic mass is 10.2. The van der Waals surface area contributed by atoms with Gasteiger partial charge in [-0.1, -0.05) is 15.9 Å². The molecule has 5 nitrogen and oxygen atoms in total. The molecule has 1 unspecified atom stereocenters. The van der Waals surface area contributed by atoms with E-state index in [0.717, 1.165) is 16.5 Å². The Balaban J connectivity index is 2.10. The van der Waals surface area contributed by atoms with Crippen LogP contribution >= 0.6 is 15.9 Å². The van der Waals surface area contributed by atoms with Crippen LogP contribution in [-0.2, 0) is 4.79 Å². The fourth-order valence-corrected chi connectivity index (χ4v) is 2.70. The average Bonchev–Trinajstić information content (AvgIpc) is 2.82. The molecule has 0 spiro atoms. The molecule has 0 aliphatic carbocycles. The minimum atomic E-state index is -0.944. The van der Waals surface area contributed by atoms with Gasteiger partial charge in [0.25, 0.3) is 0 Å². The van der Waals surface area contributed by atoms with E-state index in [0.29, 0.717) is 18.7 Å². The largest absolute Gasteiger partial charge is 0.480 e. The van der Waals surface area contributed by atoms with Gasteiger partial charge in [0.15, 0.2) is 0 Å². The van der Waals surface area contributed by atoms with Crippen molar-refractivity contribution in [1.29, 1.82) is 0 Å². The summed E-state index contributed by atoms with van der Waals surface area (Å²) in [4.78, 5) is 24.5. The van der Waals surface area contributed by atoms with Gasteiger partial charge in [-0.05, 0) is 43.5 Å². The Kier molecular flexibility index (Phi) is 4.09. The van der Waals surface area contributed by atoms with Crippen LogP contribution < -0.4 is 5.32 Å². The van der Waals surface area contributed by atoms with Crippen molar-refractivity contribution in [1.82, 2.24) is 4.90 Å². The van der Waals surface area contributed by atoms with E-state index in [1.54, 1.807) is 6.07 Å². The van der Waals surface area contributed by atoms with Gasteiger partial charge in [-0.3, -0.25) is 0 Å². The second kappa shape index (κ2) is 5.61. The van der Waals surface area contributed by atoms with Gasteiger partial charge in [-0.25, -0.2) is 9.59 Å². The molecule has 1 fully saturated rings. The number of nitrogens with one attached hydrogen (secondary N) is 1. The number of carbonyl (C=O) groups excluding carboxylic acids is 1. The number of urea groups is 1. The van der Waals surface area contributed by atoms with Crippen molar-refractivity contribution >= 4 is 33.6 Å². The molecule has 1 aliphatic heterocycles. The summed E-state index contributed by atoms with van der Waals surface area (Å²) in [7, 11) is 0. The minimum Gasteiger partial charge on any atom is -0.480 e. The Bertz CT molecular complexity index is 519. The van der Waals surface area contributed by atoms with Crippen LogP contribution in [0.25, 0.3) is 0 Å². The fourth-order valence-electron chi connectivity index (χ4n) is 2.22. The standard InChI is InChI=1S/C13H15BrN2O3/c1-8-7-9(14)4-5-10(8)15-13(19)16-6-2-3-11(16)12(17)18/h4-5,7,11H,2-3,6H2,1H3,(H,15,19)(H,17,18). The Hall–Kier alpha value is -1.56. The number of carbonyl (C=O) groups is 2. The third kappa shape index (κ3) is 3.07. The van der Waals surface area contributed by atoms with Crippen molar-refractivity contribution < 1.29 is 14.7 Å². The molecule has 1 saturated heterocycles. The zero-order chi connectivity index (χ0) is 14.0. The van der Waals surface area contributed by atoms with E-state index in [9.17, 15) is 9.59 Å². The molecule has 2 amide bonds. The molecular weight excluding hydrogens is 312 g/mol. The van der Waals surface area contributed by atoms with Crippen LogP contribution in [0.15, 0.2) is 22.7 Å². The van der Waals surface area contributed by atoms with Crippen LogP contribution in [0.4, 0.5) is 10.5 Å². The molecule has 1 aliphatic rings. The highest BCUT2D eigenvalue weighted by molar-refractivity contribution is 9.10. The third-order valence-corrected chi connectivity index (χ3v) is 3.72. The molecule has 2 rings (SSSR count). The number of likely N-dealkylation sites (tertiary alicyclic amines) is 1. The lowest BCUT2D eigenvalue weighted by Gasteiger charge is -2.22. The van der Waals surface area contributed by atoms with Gasteiger partial charge in [0, 0.05) is 16.7 Å². The SMILES string of the molecule is Cc1cc(Br)ccc1NC(=O)N1CCCC1C(=O)O.